The second-order valence-corrected chi connectivity index (χ2v) is 8.20. The molecule has 1 heterocycles. The maximum absolute atomic E-state index is 12.4. The molecule has 0 radical (unpaired) electrons. The number of carbonyl (C=O) groups is 1. The molecule has 6 heteroatoms. The molecule has 1 aromatic heterocycles. The smallest absolute Gasteiger partial charge is 0.352 e. The molecule has 4 aromatic rings. The summed E-state index contributed by atoms with van der Waals surface area (Å²) < 4.78 is 12.9. The van der Waals surface area contributed by atoms with Gasteiger partial charge in [0, 0.05) is 36.1 Å². The second-order valence-electron chi connectivity index (χ2n) is 8.20. The molecule has 2 N–H and O–H groups in total. The van der Waals surface area contributed by atoms with E-state index in [9.17, 15) is 9.90 Å². The Morgan fingerprint density at radius 1 is 1.03 bits per heavy atom. The van der Waals surface area contributed by atoms with Crippen molar-refractivity contribution in [3.05, 3.63) is 101 Å². The van der Waals surface area contributed by atoms with Crippen molar-refractivity contribution in [3.8, 4) is 11.5 Å². The first kappa shape index (κ1) is 24.1. The number of carboxylic acid groups (broad SMARTS) is 1. The molecule has 0 aliphatic heterocycles. The molecule has 4 rings (SSSR count). The molecule has 0 aliphatic rings. The van der Waals surface area contributed by atoms with Crippen molar-refractivity contribution in [1.29, 1.82) is 0 Å². The number of nitrogens with one attached hydrogen (secondary N) is 1. The van der Waals surface area contributed by atoms with Gasteiger partial charge in [-0.25, -0.2) is 4.79 Å². The normalized spacial score (nSPS) is 10.9. The maximum atomic E-state index is 12.4. The number of carboxylic acids is 1. The number of methoxy groups -OCH3 is 1. The number of hydrogen-bond donors (Lipinski definition) is 2. The van der Waals surface area contributed by atoms with Crippen molar-refractivity contribution in [2.75, 3.05) is 13.7 Å². The number of aromatic nitrogens is 1. The summed E-state index contributed by atoms with van der Waals surface area (Å²) in [6, 6.07) is 21.6. The van der Waals surface area contributed by atoms with Crippen LogP contribution in [0.4, 0.5) is 0 Å². The predicted molar refractivity (Wildman–Crippen MR) is 139 cm³/mol. The van der Waals surface area contributed by atoms with Gasteiger partial charge in [-0.05, 0) is 41.8 Å². The molecule has 0 unspecified atom stereocenters. The van der Waals surface area contributed by atoms with Gasteiger partial charge in [0.05, 0.1) is 13.7 Å². The van der Waals surface area contributed by atoms with Crippen LogP contribution in [-0.2, 0) is 19.6 Å². The van der Waals surface area contributed by atoms with Gasteiger partial charge in [-0.15, -0.1) is 0 Å². The topological polar surface area (TPSA) is 72.7 Å². The number of nitrogens with zero attached hydrogens (tertiary/aromatic N) is 1. The number of benzene rings is 3. The van der Waals surface area contributed by atoms with Gasteiger partial charge in [0.25, 0.3) is 0 Å². The number of fused-ring (bicyclic) bond motifs is 1. The Kier molecular flexibility index (Phi) is 7.53. The Morgan fingerprint density at radius 2 is 1.77 bits per heavy atom. The highest BCUT2D eigenvalue weighted by atomic mass is 16.5. The van der Waals surface area contributed by atoms with Crippen molar-refractivity contribution in [1.82, 2.24) is 9.88 Å². The van der Waals surface area contributed by atoms with Crippen LogP contribution in [0.15, 0.2) is 73.3 Å². The van der Waals surface area contributed by atoms with E-state index < -0.39 is 5.97 Å². The Bertz CT molecular complexity index is 1340. The van der Waals surface area contributed by atoms with E-state index in [1.165, 1.54) is 0 Å². The molecule has 0 spiro atoms. The van der Waals surface area contributed by atoms with E-state index in [-0.39, 0.29) is 0 Å². The number of aromatic carboxylic acids is 1. The molecule has 0 saturated carbocycles. The molecule has 0 aliphatic carbocycles. The second kappa shape index (κ2) is 10.9. The van der Waals surface area contributed by atoms with E-state index in [1.807, 2.05) is 78.2 Å². The van der Waals surface area contributed by atoms with Gasteiger partial charge in [0.2, 0.25) is 0 Å². The molecule has 0 amide bonds. The fraction of sp³-hybridized carbons (Fsp3) is 0.207. The summed E-state index contributed by atoms with van der Waals surface area (Å²) >= 11 is 0. The van der Waals surface area contributed by atoms with Crippen LogP contribution in [0.2, 0.25) is 0 Å². The predicted octanol–water partition coefficient (Wildman–Crippen LogP) is 5.73. The fourth-order valence-electron chi connectivity index (χ4n) is 4.33. The van der Waals surface area contributed by atoms with Gasteiger partial charge in [-0.3, -0.25) is 0 Å². The van der Waals surface area contributed by atoms with Gasteiger partial charge in [0.15, 0.2) is 11.5 Å². The zero-order valence-electron chi connectivity index (χ0n) is 20.1. The lowest BCUT2D eigenvalue weighted by Crippen LogP contribution is -2.17. The average molecular weight is 471 g/mol. The van der Waals surface area contributed by atoms with Crippen molar-refractivity contribution < 1.29 is 19.4 Å². The highest BCUT2D eigenvalue weighted by Crippen LogP contribution is 2.29. The summed E-state index contributed by atoms with van der Waals surface area (Å²) in [5.74, 6) is 0.441. The average Bonchev–Trinajstić information content (AvgIpc) is 3.19. The van der Waals surface area contributed by atoms with Crippen LogP contribution in [-0.4, -0.2) is 29.4 Å². The number of para-hydroxylation sites is 1. The monoisotopic (exact) mass is 470 g/mol. The standard InChI is InChI=1S/C29H30N2O4/c1-4-20-10-12-21(13-11-20)19-31-25-9-7-6-8-23(25)24(28(31)29(32)33)18-30-17-22-14-15-26(35-5-2)27(16-22)34-3/h4,6-16,30H,1,5,17-19H2,2-3H3,(H,32,33). The molecule has 0 atom stereocenters. The number of ether oxygens (including phenoxy) is 2. The van der Waals surface area contributed by atoms with Gasteiger partial charge >= 0.3 is 5.97 Å². The minimum atomic E-state index is -0.941. The lowest BCUT2D eigenvalue weighted by atomic mass is 10.1. The van der Waals surface area contributed by atoms with Crippen molar-refractivity contribution in [2.45, 2.75) is 26.6 Å². The third kappa shape index (κ3) is 5.23. The van der Waals surface area contributed by atoms with E-state index in [2.05, 4.69) is 11.9 Å². The zero-order valence-corrected chi connectivity index (χ0v) is 20.1. The largest absolute Gasteiger partial charge is 0.493 e. The summed E-state index contributed by atoms with van der Waals surface area (Å²) in [5.41, 5.74) is 5.05. The lowest BCUT2D eigenvalue weighted by molar-refractivity contribution is 0.0684. The van der Waals surface area contributed by atoms with Crippen molar-refractivity contribution in [2.24, 2.45) is 0 Å². The Labute approximate surface area is 205 Å². The first-order chi connectivity index (χ1) is 17.0. The van der Waals surface area contributed by atoms with Crippen molar-refractivity contribution in [3.63, 3.8) is 0 Å². The molecule has 3 aromatic carbocycles. The number of rotatable bonds is 11. The number of hydrogen-bond acceptors (Lipinski definition) is 4. The van der Waals surface area contributed by atoms with E-state index in [0.717, 1.165) is 33.2 Å². The van der Waals surface area contributed by atoms with Gasteiger partial charge in [-0.1, -0.05) is 61.2 Å². The van der Waals surface area contributed by atoms with Gasteiger partial charge in [-0.2, -0.15) is 0 Å². The quantitative estimate of drug-likeness (QED) is 0.293. The molecule has 0 bridgehead atoms. The van der Waals surface area contributed by atoms with Crippen LogP contribution < -0.4 is 14.8 Å². The SMILES string of the molecule is C=Cc1ccc(Cn2c(C(=O)O)c(CNCc3ccc(OCC)c(OC)c3)c3ccccc32)cc1. The Morgan fingerprint density at radius 3 is 2.46 bits per heavy atom. The minimum absolute atomic E-state index is 0.302. The summed E-state index contributed by atoms with van der Waals surface area (Å²) in [6.07, 6.45) is 1.79. The van der Waals surface area contributed by atoms with Gasteiger partial charge < -0.3 is 24.5 Å². The maximum Gasteiger partial charge on any atom is 0.352 e. The van der Waals surface area contributed by atoms with Crippen LogP contribution in [0.3, 0.4) is 0 Å². The van der Waals surface area contributed by atoms with Crippen LogP contribution in [0, 0.1) is 0 Å². The molecule has 35 heavy (non-hydrogen) atoms. The summed E-state index contributed by atoms with van der Waals surface area (Å²) in [7, 11) is 1.62. The zero-order chi connectivity index (χ0) is 24.8. The van der Waals surface area contributed by atoms with E-state index in [0.29, 0.717) is 43.4 Å². The Hall–Kier alpha value is -4.03. The highest BCUT2D eigenvalue weighted by molar-refractivity contribution is 5.98. The summed E-state index contributed by atoms with van der Waals surface area (Å²) in [6.45, 7) is 7.74. The fourth-order valence-corrected chi connectivity index (χ4v) is 4.33. The third-order valence-corrected chi connectivity index (χ3v) is 5.99. The molecular formula is C29H30N2O4. The molecule has 0 fully saturated rings. The van der Waals surface area contributed by atoms with Crippen LogP contribution >= 0.6 is 0 Å². The first-order valence-electron chi connectivity index (χ1n) is 11.6. The molecule has 0 saturated heterocycles. The first-order valence-corrected chi connectivity index (χ1v) is 11.6. The Balaban J connectivity index is 1.62. The third-order valence-electron chi connectivity index (χ3n) is 5.99. The lowest BCUT2D eigenvalue weighted by Gasteiger charge is -2.12. The summed E-state index contributed by atoms with van der Waals surface area (Å²) in [4.78, 5) is 12.4. The van der Waals surface area contributed by atoms with Crippen molar-refractivity contribution >= 4 is 22.9 Å². The summed E-state index contributed by atoms with van der Waals surface area (Å²) in [5, 5.41) is 14.5. The van der Waals surface area contributed by atoms with E-state index in [4.69, 9.17) is 9.47 Å². The molecule has 6 nitrogen and oxygen atoms in total. The molecular weight excluding hydrogens is 440 g/mol. The van der Waals surface area contributed by atoms with Crippen LogP contribution in [0.5, 0.6) is 11.5 Å². The minimum Gasteiger partial charge on any atom is -0.493 e. The molecule has 180 valence electrons. The van der Waals surface area contributed by atoms with E-state index in [1.54, 1.807) is 13.2 Å². The van der Waals surface area contributed by atoms with Gasteiger partial charge in [0.1, 0.15) is 5.69 Å². The van der Waals surface area contributed by atoms with E-state index >= 15 is 0 Å². The van der Waals surface area contributed by atoms with Crippen LogP contribution in [0.25, 0.3) is 17.0 Å². The van der Waals surface area contributed by atoms with Crippen LogP contribution in [0.1, 0.15) is 39.7 Å². The highest BCUT2D eigenvalue weighted by Gasteiger charge is 2.22.